The van der Waals surface area contributed by atoms with Crippen molar-refractivity contribution >= 4 is 0 Å². The van der Waals surface area contributed by atoms with Crippen LogP contribution in [-0.4, -0.2) is 18.0 Å². The minimum absolute atomic E-state index is 0.0833. The number of halogens is 2. The van der Waals surface area contributed by atoms with Crippen LogP contribution in [0.25, 0.3) is 0 Å². The molecule has 0 radical (unpaired) electrons. The first-order valence-electron chi connectivity index (χ1n) is 5.29. The molecular weight excluding hydrogens is 172 g/mol. The number of hydrogen-bond acceptors (Lipinski definition) is 1. The quantitative estimate of drug-likeness (QED) is 0.617. The van der Waals surface area contributed by atoms with Crippen molar-refractivity contribution in [1.82, 2.24) is 5.32 Å². The molecule has 76 valence electrons. The highest BCUT2D eigenvalue weighted by Gasteiger charge is 2.54. The molecule has 0 unspecified atom stereocenters. The van der Waals surface area contributed by atoms with Crippen molar-refractivity contribution in [3.63, 3.8) is 0 Å². The summed E-state index contributed by atoms with van der Waals surface area (Å²) in [5.74, 6) is -2.47. The highest BCUT2D eigenvalue weighted by atomic mass is 19.3. The van der Waals surface area contributed by atoms with E-state index in [-0.39, 0.29) is 6.42 Å². The molecule has 3 heteroatoms. The predicted octanol–water partition coefficient (Wildman–Crippen LogP) is 2.71. The first-order chi connectivity index (χ1) is 6.16. The van der Waals surface area contributed by atoms with E-state index in [1.807, 2.05) is 0 Å². The van der Waals surface area contributed by atoms with Crippen LogP contribution in [0.1, 0.15) is 44.9 Å². The third-order valence-electron chi connectivity index (χ3n) is 3.54. The number of piperidine rings is 1. The minimum Gasteiger partial charge on any atom is -0.306 e. The standard InChI is InChI=1S/C10H17F2N/c11-10(12)7-4-8-13-9(10)5-2-1-3-6-9/h13H,1-8H2. The second-order valence-corrected chi connectivity index (χ2v) is 4.38. The lowest BCUT2D eigenvalue weighted by Gasteiger charge is -2.47. The van der Waals surface area contributed by atoms with Crippen molar-refractivity contribution in [2.75, 3.05) is 6.54 Å². The maximum Gasteiger partial charge on any atom is 0.265 e. The fourth-order valence-electron chi connectivity index (χ4n) is 2.70. The van der Waals surface area contributed by atoms with Crippen LogP contribution in [0.15, 0.2) is 0 Å². The molecule has 0 amide bonds. The molecule has 0 bridgehead atoms. The van der Waals surface area contributed by atoms with Crippen LogP contribution in [0.5, 0.6) is 0 Å². The summed E-state index contributed by atoms with van der Waals surface area (Å²) in [5.41, 5.74) is -0.830. The van der Waals surface area contributed by atoms with E-state index < -0.39 is 11.5 Å². The molecule has 1 saturated heterocycles. The van der Waals surface area contributed by atoms with Gasteiger partial charge < -0.3 is 5.32 Å². The number of hydrogen-bond donors (Lipinski definition) is 1. The van der Waals surface area contributed by atoms with Crippen LogP contribution in [0.4, 0.5) is 8.78 Å². The minimum atomic E-state index is -2.47. The van der Waals surface area contributed by atoms with E-state index in [0.29, 0.717) is 19.3 Å². The average Bonchev–Trinajstić information content (AvgIpc) is 2.12. The summed E-state index contributed by atoms with van der Waals surface area (Å²) in [4.78, 5) is 0. The van der Waals surface area contributed by atoms with Crippen molar-refractivity contribution in [1.29, 1.82) is 0 Å². The number of alkyl halides is 2. The van der Waals surface area contributed by atoms with Crippen molar-refractivity contribution in [2.45, 2.75) is 56.4 Å². The van der Waals surface area contributed by atoms with Crippen LogP contribution in [-0.2, 0) is 0 Å². The highest BCUT2D eigenvalue weighted by molar-refractivity contribution is 5.04. The van der Waals surface area contributed by atoms with Gasteiger partial charge in [-0.25, -0.2) is 8.78 Å². The van der Waals surface area contributed by atoms with E-state index >= 15 is 0 Å². The van der Waals surface area contributed by atoms with Gasteiger partial charge in [-0.1, -0.05) is 19.3 Å². The highest BCUT2D eigenvalue weighted by Crippen LogP contribution is 2.44. The molecule has 2 aliphatic rings. The topological polar surface area (TPSA) is 12.0 Å². The molecule has 0 aromatic carbocycles. The maximum absolute atomic E-state index is 13.7. The molecule has 1 heterocycles. The first-order valence-corrected chi connectivity index (χ1v) is 5.29. The van der Waals surface area contributed by atoms with E-state index in [1.54, 1.807) is 0 Å². The van der Waals surface area contributed by atoms with Crippen LogP contribution in [0.3, 0.4) is 0 Å². The summed E-state index contributed by atoms with van der Waals surface area (Å²) < 4.78 is 27.4. The predicted molar refractivity (Wildman–Crippen MR) is 48.0 cm³/mol. The molecule has 1 nitrogen and oxygen atoms in total. The van der Waals surface area contributed by atoms with Gasteiger partial charge in [0.1, 0.15) is 0 Å². The Morgan fingerprint density at radius 3 is 2.15 bits per heavy atom. The molecule has 0 aromatic rings. The van der Waals surface area contributed by atoms with Gasteiger partial charge in [-0.2, -0.15) is 0 Å². The molecule has 1 spiro atoms. The van der Waals surface area contributed by atoms with Gasteiger partial charge in [0.05, 0.1) is 5.54 Å². The summed E-state index contributed by atoms with van der Waals surface area (Å²) in [6.45, 7) is 0.773. The second kappa shape index (κ2) is 3.19. The summed E-state index contributed by atoms with van der Waals surface area (Å²) in [7, 11) is 0. The average molecular weight is 189 g/mol. The fourth-order valence-corrected chi connectivity index (χ4v) is 2.70. The van der Waals surface area contributed by atoms with Gasteiger partial charge in [0.15, 0.2) is 0 Å². The lowest BCUT2D eigenvalue weighted by molar-refractivity contribution is -0.126. The molecule has 1 aliphatic carbocycles. The first kappa shape index (κ1) is 9.38. The largest absolute Gasteiger partial charge is 0.306 e. The fraction of sp³-hybridized carbons (Fsp3) is 1.00. The molecule has 2 fully saturated rings. The Labute approximate surface area is 77.9 Å². The summed E-state index contributed by atoms with van der Waals surface area (Å²) in [6.07, 6.45) is 5.08. The SMILES string of the molecule is FC1(F)CCCNC12CCCCC2. The van der Waals surface area contributed by atoms with Gasteiger partial charge >= 0.3 is 0 Å². The molecule has 13 heavy (non-hydrogen) atoms. The molecule has 0 aromatic heterocycles. The van der Waals surface area contributed by atoms with Crippen molar-refractivity contribution in [3.05, 3.63) is 0 Å². The van der Waals surface area contributed by atoms with Crippen molar-refractivity contribution in [2.24, 2.45) is 0 Å². The Morgan fingerprint density at radius 2 is 1.54 bits per heavy atom. The Bertz CT molecular complexity index is 177. The zero-order valence-electron chi connectivity index (χ0n) is 7.91. The number of nitrogens with one attached hydrogen (secondary N) is 1. The second-order valence-electron chi connectivity index (χ2n) is 4.38. The van der Waals surface area contributed by atoms with Crippen LogP contribution in [0.2, 0.25) is 0 Å². The smallest absolute Gasteiger partial charge is 0.265 e. The van der Waals surface area contributed by atoms with E-state index in [2.05, 4.69) is 5.32 Å². The summed E-state index contributed by atoms with van der Waals surface area (Å²) >= 11 is 0. The normalized spacial score (nSPS) is 31.8. The summed E-state index contributed by atoms with van der Waals surface area (Å²) in [6, 6.07) is 0. The van der Waals surface area contributed by atoms with Crippen molar-refractivity contribution < 1.29 is 8.78 Å². The van der Waals surface area contributed by atoms with E-state index in [9.17, 15) is 8.78 Å². The summed E-state index contributed by atoms with van der Waals surface area (Å²) in [5, 5.41) is 3.07. The van der Waals surface area contributed by atoms with Gasteiger partial charge in [0.2, 0.25) is 0 Å². The van der Waals surface area contributed by atoms with Gasteiger partial charge in [0, 0.05) is 6.42 Å². The Hall–Kier alpha value is -0.180. The Morgan fingerprint density at radius 1 is 0.846 bits per heavy atom. The molecule has 0 atom stereocenters. The third kappa shape index (κ3) is 1.47. The van der Waals surface area contributed by atoms with E-state index in [1.165, 1.54) is 0 Å². The Balaban J connectivity index is 2.16. The molecule has 2 rings (SSSR count). The van der Waals surface area contributed by atoms with Crippen LogP contribution in [0, 0.1) is 0 Å². The van der Waals surface area contributed by atoms with E-state index in [0.717, 1.165) is 25.8 Å². The van der Waals surface area contributed by atoms with E-state index in [4.69, 9.17) is 0 Å². The molecule has 1 saturated carbocycles. The Kier molecular flexibility index (Phi) is 2.30. The lowest BCUT2D eigenvalue weighted by atomic mass is 9.73. The van der Waals surface area contributed by atoms with Crippen LogP contribution >= 0.6 is 0 Å². The third-order valence-corrected chi connectivity index (χ3v) is 3.54. The van der Waals surface area contributed by atoms with Crippen molar-refractivity contribution in [3.8, 4) is 0 Å². The molecule has 1 aliphatic heterocycles. The number of rotatable bonds is 0. The van der Waals surface area contributed by atoms with Gasteiger partial charge in [0.25, 0.3) is 5.92 Å². The monoisotopic (exact) mass is 189 g/mol. The molecular formula is C10H17F2N. The lowest BCUT2D eigenvalue weighted by Crippen LogP contribution is -2.62. The maximum atomic E-state index is 13.7. The van der Waals surface area contributed by atoms with Gasteiger partial charge in [-0.05, 0) is 25.8 Å². The zero-order chi connectivity index (χ0) is 9.36. The molecule has 1 N–H and O–H groups in total. The van der Waals surface area contributed by atoms with Crippen LogP contribution < -0.4 is 5.32 Å². The van der Waals surface area contributed by atoms with Gasteiger partial charge in [-0.3, -0.25) is 0 Å². The van der Waals surface area contributed by atoms with Gasteiger partial charge in [-0.15, -0.1) is 0 Å². The zero-order valence-corrected chi connectivity index (χ0v) is 7.91.